The van der Waals surface area contributed by atoms with Gasteiger partial charge in [0, 0.05) is 12.1 Å². The Morgan fingerprint density at radius 3 is 3.00 bits per heavy atom. The van der Waals surface area contributed by atoms with E-state index in [9.17, 15) is 0 Å². The fourth-order valence-corrected chi connectivity index (χ4v) is 1.56. The number of hydrogen-bond acceptors (Lipinski definition) is 2. The van der Waals surface area contributed by atoms with Crippen molar-refractivity contribution in [1.82, 2.24) is 15.0 Å². The van der Waals surface area contributed by atoms with Crippen molar-refractivity contribution in [2.24, 2.45) is 0 Å². The lowest BCUT2D eigenvalue weighted by molar-refractivity contribution is 0.682. The smallest absolute Gasteiger partial charge is 0.142 e. The van der Waals surface area contributed by atoms with Crippen LogP contribution in [-0.2, 0) is 0 Å². The molecule has 0 aliphatic carbocycles. The standard InChI is InChI=1S/C10H12ClN3/c1-3-6(2)9-13-8(11)7-4-5-12-10(7)14-9/h4-6H,3H2,1-2H3,(H,12,13,14)/t6-/m0/s1. The van der Waals surface area contributed by atoms with Gasteiger partial charge in [-0.1, -0.05) is 25.4 Å². The summed E-state index contributed by atoms with van der Waals surface area (Å²) >= 11 is 6.03. The first-order chi connectivity index (χ1) is 6.72. The molecule has 0 fully saturated rings. The van der Waals surface area contributed by atoms with Crippen molar-refractivity contribution in [1.29, 1.82) is 0 Å². The zero-order valence-electron chi connectivity index (χ0n) is 8.21. The Balaban J connectivity index is 2.58. The highest BCUT2D eigenvalue weighted by atomic mass is 35.5. The third-order valence-corrected chi connectivity index (χ3v) is 2.73. The van der Waals surface area contributed by atoms with E-state index in [4.69, 9.17) is 11.6 Å². The van der Waals surface area contributed by atoms with E-state index >= 15 is 0 Å². The third kappa shape index (κ3) is 1.48. The van der Waals surface area contributed by atoms with Crippen LogP contribution < -0.4 is 0 Å². The van der Waals surface area contributed by atoms with Crippen LogP contribution in [0.15, 0.2) is 12.3 Å². The number of aromatic nitrogens is 3. The summed E-state index contributed by atoms with van der Waals surface area (Å²) in [5.41, 5.74) is 0.820. The van der Waals surface area contributed by atoms with Gasteiger partial charge in [0.2, 0.25) is 0 Å². The monoisotopic (exact) mass is 209 g/mol. The second-order valence-electron chi connectivity index (χ2n) is 3.42. The summed E-state index contributed by atoms with van der Waals surface area (Å²) < 4.78 is 0. The van der Waals surface area contributed by atoms with Crippen molar-refractivity contribution in [2.75, 3.05) is 0 Å². The van der Waals surface area contributed by atoms with Gasteiger partial charge in [-0.05, 0) is 12.5 Å². The van der Waals surface area contributed by atoms with Crippen LogP contribution in [0.5, 0.6) is 0 Å². The summed E-state index contributed by atoms with van der Waals surface area (Å²) in [6, 6.07) is 1.89. The zero-order chi connectivity index (χ0) is 10.1. The molecule has 4 heteroatoms. The molecule has 0 unspecified atom stereocenters. The normalized spacial score (nSPS) is 13.4. The first-order valence-corrected chi connectivity index (χ1v) is 5.10. The van der Waals surface area contributed by atoms with E-state index in [1.165, 1.54) is 0 Å². The molecule has 2 aromatic rings. The van der Waals surface area contributed by atoms with Gasteiger partial charge in [-0.3, -0.25) is 0 Å². The molecule has 2 rings (SSSR count). The molecular weight excluding hydrogens is 198 g/mol. The maximum atomic E-state index is 6.03. The van der Waals surface area contributed by atoms with Crippen molar-refractivity contribution >= 4 is 22.6 Å². The Hall–Kier alpha value is -1.09. The molecule has 14 heavy (non-hydrogen) atoms. The Kier molecular flexibility index (Phi) is 2.42. The molecule has 0 aromatic carbocycles. The number of aromatic amines is 1. The largest absolute Gasteiger partial charge is 0.346 e. The van der Waals surface area contributed by atoms with Crippen LogP contribution in [-0.4, -0.2) is 15.0 Å². The Morgan fingerprint density at radius 2 is 2.29 bits per heavy atom. The van der Waals surface area contributed by atoms with Gasteiger partial charge in [0.15, 0.2) is 0 Å². The van der Waals surface area contributed by atoms with Crippen LogP contribution in [0.3, 0.4) is 0 Å². The zero-order valence-corrected chi connectivity index (χ0v) is 8.97. The average Bonchev–Trinajstić information content (AvgIpc) is 2.64. The molecule has 1 atom stereocenters. The summed E-state index contributed by atoms with van der Waals surface area (Å²) in [4.78, 5) is 11.7. The van der Waals surface area contributed by atoms with Crippen LogP contribution >= 0.6 is 11.6 Å². The first-order valence-electron chi connectivity index (χ1n) is 4.73. The number of rotatable bonds is 2. The van der Waals surface area contributed by atoms with Gasteiger partial charge >= 0.3 is 0 Å². The van der Waals surface area contributed by atoms with Gasteiger partial charge < -0.3 is 4.98 Å². The maximum Gasteiger partial charge on any atom is 0.142 e. The fraction of sp³-hybridized carbons (Fsp3) is 0.400. The van der Waals surface area contributed by atoms with Crippen LogP contribution in [0.4, 0.5) is 0 Å². The Bertz CT molecular complexity index is 450. The Labute approximate surface area is 87.5 Å². The molecule has 0 bridgehead atoms. The number of nitrogens with zero attached hydrogens (tertiary/aromatic N) is 2. The van der Waals surface area contributed by atoms with E-state index < -0.39 is 0 Å². The van der Waals surface area contributed by atoms with Crippen molar-refractivity contribution in [2.45, 2.75) is 26.2 Å². The summed E-state index contributed by atoms with van der Waals surface area (Å²) in [6.45, 7) is 4.21. The quantitative estimate of drug-likeness (QED) is 0.773. The minimum atomic E-state index is 0.347. The van der Waals surface area contributed by atoms with E-state index in [-0.39, 0.29) is 0 Å². The number of halogens is 1. The second-order valence-corrected chi connectivity index (χ2v) is 3.78. The highest BCUT2D eigenvalue weighted by Gasteiger charge is 2.10. The molecule has 0 aliphatic rings. The van der Waals surface area contributed by atoms with Crippen molar-refractivity contribution in [3.8, 4) is 0 Å². The van der Waals surface area contributed by atoms with Crippen molar-refractivity contribution in [3.05, 3.63) is 23.2 Å². The van der Waals surface area contributed by atoms with E-state index in [2.05, 4.69) is 28.8 Å². The number of fused-ring (bicyclic) bond motifs is 1. The van der Waals surface area contributed by atoms with Crippen LogP contribution in [0.2, 0.25) is 5.15 Å². The highest BCUT2D eigenvalue weighted by Crippen LogP contribution is 2.23. The van der Waals surface area contributed by atoms with Crippen molar-refractivity contribution < 1.29 is 0 Å². The summed E-state index contributed by atoms with van der Waals surface area (Å²) in [6.07, 6.45) is 2.84. The number of hydrogen-bond donors (Lipinski definition) is 1. The third-order valence-electron chi connectivity index (χ3n) is 2.44. The number of nitrogens with one attached hydrogen (secondary N) is 1. The molecule has 0 saturated heterocycles. The van der Waals surface area contributed by atoms with Crippen LogP contribution in [0, 0.1) is 0 Å². The SMILES string of the molecule is CC[C@H](C)c1nc(Cl)c2cc[nH]c2n1. The molecule has 2 aromatic heterocycles. The Morgan fingerprint density at radius 1 is 1.50 bits per heavy atom. The maximum absolute atomic E-state index is 6.03. The number of H-pyrrole nitrogens is 1. The minimum Gasteiger partial charge on any atom is -0.346 e. The predicted molar refractivity (Wildman–Crippen MR) is 57.6 cm³/mol. The molecule has 0 spiro atoms. The van der Waals surface area contributed by atoms with E-state index in [0.717, 1.165) is 23.3 Å². The van der Waals surface area contributed by atoms with E-state index in [0.29, 0.717) is 11.1 Å². The lowest BCUT2D eigenvalue weighted by Gasteiger charge is -2.06. The van der Waals surface area contributed by atoms with Gasteiger partial charge in [-0.2, -0.15) is 0 Å². The summed E-state index contributed by atoms with van der Waals surface area (Å²) in [7, 11) is 0. The van der Waals surface area contributed by atoms with Gasteiger partial charge in [0.05, 0.1) is 5.39 Å². The molecule has 3 nitrogen and oxygen atoms in total. The predicted octanol–water partition coefficient (Wildman–Crippen LogP) is 3.12. The van der Waals surface area contributed by atoms with Crippen molar-refractivity contribution in [3.63, 3.8) is 0 Å². The van der Waals surface area contributed by atoms with Gasteiger partial charge in [-0.15, -0.1) is 0 Å². The highest BCUT2D eigenvalue weighted by molar-refractivity contribution is 6.33. The first kappa shape index (κ1) is 9.46. The van der Waals surface area contributed by atoms with Gasteiger partial charge in [-0.25, -0.2) is 9.97 Å². The van der Waals surface area contributed by atoms with E-state index in [1.54, 1.807) is 0 Å². The topological polar surface area (TPSA) is 41.6 Å². The van der Waals surface area contributed by atoms with Gasteiger partial charge in [0.1, 0.15) is 16.6 Å². The average molecular weight is 210 g/mol. The molecule has 74 valence electrons. The summed E-state index contributed by atoms with van der Waals surface area (Å²) in [5, 5.41) is 1.42. The molecule has 0 aliphatic heterocycles. The molecule has 0 radical (unpaired) electrons. The molecule has 1 N–H and O–H groups in total. The summed E-state index contributed by atoms with van der Waals surface area (Å²) in [5.74, 6) is 1.16. The fourth-order valence-electron chi connectivity index (χ4n) is 1.32. The lowest BCUT2D eigenvalue weighted by Crippen LogP contribution is -2.00. The molecule has 2 heterocycles. The van der Waals surface area contributed by atoms with Crippen LogP contribution in [0.25, 0.3) is 11.0 Å². The van der Waals surface area contributed by atoms with E-state index in [1.807, 2.05) is 12.3 Å². The lowest BCUT2D eigenvalue weighted by atomic mass is 10.1. The van der Waals surface area contributed by atoms with Gasteiger partial charge in [0.25, 0.3) is 0 Å². The minimum absolute atomic E-state index is 0.347. The molecule has 0 amide bonds. The molecular formula is C10H12ClN3. The van der Waals surface area contributed by atoms with Crippen LogP contribution in [0.1, 0.15) is 32.0 Å². The second kappa shape index (κ2) is 3.58. The molecule has 0 saturated carbocycles.